The fraction of sp³-hybridized carbons (Fsp3) is 0.294. The molecule has 2 rings (SSSR count). The number of hydrogen-bond donors (Lipinski definition) is 0. The maximum Gasteiger partial charge on any atom is 0.103 e. The van der Waals surface area contributed by atoms with Crippen LogP contribution in [0.3, 0.4) is 0 Å². The molecular weight excluding hydrogens is 246 g/mol. The summed E-state index contributed by atoms with van der Waals surface area (Å²) in [4.78, 5) is 6.77. The van der Waals surface area contributed by atoms with Crippen LogP contribution in [0.1, 0.15) is 25.1 Å². The third-order valence-corrected chi connectivity index (χ3v) is 3.47. The van der Waals surface area contributed by atoms with Crippen molar-refractivity contribution >= 4 is 5.69 Å². The van der Waals surface area contributed by atoms with Crippen molar-refractivity contribution in [2.24, 2.45) is 0 Å². The zero-order valence-electron chi connectivity index (χ0n) is 12.2. The molecule has 0 aliphatic carbocycles. The summed E-state index contributed by atoms with van der Waals surface area (Å²) < 4.78 is 0. The summed E-state index contributed by atoms with van der Waals surface area (Å²) in [5.41, 5.74) is 4.44. The van der Waals surface area contributed by atoms with Crippen LogP contribution in [0.25, 0.3) is 11.3 Å². The number of nitrogens with zero attached hydrogens (tertiary/aromatic N) is 3. The highest BCUT2D eigenvalue weighted by molar-refractivity contribution is 5.70. The molecule has 20 heavy (non-hydrogen) atoms. The van der Waals surface area contributed by atoms with Gasteiger partial charge >= 0.3 is 0 Å². The lowest BCUT2D eigenvalue weighted by molar-refractivity contribution is 0.861. The highest BCUT2D eigenvalue weighted by Crippen LogP contribution is 2.28. The maximum absolute atomic E-state index is 9.38. The first-order valence-corrected chi connectivity index (χ1v) is 6.93. The second-order valence-electron chi connectivity index (χ2n) is 4.64. The van der Waals surface area contributed by atoms with E-state index in [-0.39, 0.29) is 0 Å². The molecule has 102 valence electrons. The molecule has 3 heteroatoms. The van der Waals surface area contributed by atoms with E-state index in [1.54, 1.807) is 0 Å². The van der Waals surface area contributed by atoms with E-state index in [0.717, 1.165) is 35.7 Å². The second-order valence-corrected chi connectivity index (χ2v) is 4.64. The van der Waals surface area contributed by atoms with E-state index in [4.69, 9.17) is 0 Å². The predicted molar refractivity (Wildman–Crippen MR) is 82.7 cm³/mol. The Morgan fingerprint density at radius 3 is 2.35 bits per heavy atom. The quantitative estimate of drug-likeness (QED) is 0.844. The van der Waals surface area contributed by atoms with Crippen molar-refractivity contribution in [3.8, 4) is 17.3 Å². The van der Waals surface area contributed by atoms with Crippen LogP contribution < -0.4 is 4.90 Å². The highest BCUT2D eigenvalue weighted by Gasteiger charge is 2.14. The van der Waals surface area contributed by atoms with Crippen molar-refractivity contribution in [2.45, 2.75) is 20.8 Å². The molecule has 0 bridgehead atoms. The van der Waals surface area contributed by atoms with E-state index in [2.05, 4.69) is 29.8 Å². The molecule has 0 saturated carbocycles. The average molecular weight is 265 g/mol. The number of aryl methyl sites for hydroxylation is 1. The predicted octanol–water partition coefficient (Wildman–Crippen LogP) is 3.77. The number of rotatable bonds is 4. The van der Waals surface area contributed by atoms with Gasteiger partial charge in [-0.2, -0.15) is 5.26 Å². The van der Waals surface area contributed by atoms with Gasteiger partial charge in [0, 0.05) is 18.7 Å². The van der Waals surface area contributed by atoms with Crippen molar-refractivity contribution in [3.63, 3.8) is 0 Å². The molecule has 0 N–H and O–H groups in total. The molecule has 1 aromatic heterocycles. The number of pyridine rings is 1. The SMILES string of the molecule is CCN(CC)c1cc(-c2ccccc2)nc(C)c1C#N. The minimum atomic E-state index is 0.674. The molecule has 0 aliphatic rings. The van der Waals surface area contributed by atoms with Crippen LogP contribution in [0.5, 0.6) is 0 Å². The van der Waals surface area contributed by atoms with Gasteiger partial charge in [-0.3, -0.25) is 4.98 Å². The molecule has 0 saturated heterocycles. The Balaban J connectivity index is 2.61. The summed E-state index contributed by atoms with van der Waals surface area (Å²) in [6.45, 7) is 7.86. The third kappa shape index (κ3) is 2.65. The van der Waals surface area contributed by atoms with E-state index in [1.807, 2.05) is 43.3 Å². The lowest BCUT2D eigenvalue weighted by Crippen LogP contribution is -2.23. The first-order valence-electron chi connectivity index (χ1n) is 6.93. The molecule has 0 atom stereocenters. The Kier molecular flexibility index (Phi) is 4.37. The highest BCUT2D eigenvalue weighted by atomic mass is 15.1. The minimum Gasteiger partial charge on any atom is -0.371 e. The summed E-state index contributed by atoms with van der Waals surface area (Å²) in [5, 5.41) is 9.38. The average Bonchev–Trinajstić information content (AvgIpc) is 2.49. The first-order chi connectivity index (χ1) is 9.71. The van der Waals surface area contributed by atoms with Crippen LogP contribution >= 0.6 is 0 Å². The van der Waals surface area contributed by atoms with Gasteiger partial charge in [-0.15, -0.1) is 0 Å². The van der Waals surface area contributed by atoms with E-state index in [0.29, 0.717) is 5.56 Å². The van der Waals surface area contributed by atoms with E-state index in [9.17, 15) is 5.26 Å². The number of nitriles is 1. The summed E-state index contributed by atoms with van der Waals surface area (Å²) in [6.07, 6.45) is 0. The standard InChI is InChI=1S/C17H19N3/c1-4-20(5-2)17-11-16(14-9-7-6-8-10-14)19-13(3)15(17)12-18/h6-11H,4-5H2,1-3H3. The van der Waals surface area contributed by atoms with Crippen molar-refractivity contribution in [2.75, 3.05) is 18.0 Å². The molecule has 1 aromatic carbocycles. The van der Waals surface area contributed by atoms with Gasteiger partial charge in [0.1, 0.15) is 6.07 Å². The van der Waals surface area contributed by atoms with Crippen LogP contribution in [-0.4, -0.2) is 18.1 Å². The Labute approximate surface area is 120 Å². The van der Waals surface area contributed by atoms with Crippen LogP contribution in [0.15, 0.2) is 36.4 Å². The van der Waals surface area contributed by atoms with Crippen molar-refractivity contribution in [1.82, 2.24) is 4.98 Å². The largest absolute Gasteiger partial charge is 0.371 e. The zero-order valence-corrected chi connectivity index (χ0v) is 12.2. The van der Waals surface area contributed by atoms with E-state index >= 15 is 0 Å². The molecule has 0 amide bonds. The topological polar surface area (TPSA) is 39.9 Å². The van der Waals surface area contributed by atoms with Gasteiger partial charge in [0.05, 0.1) is 22.6 Å². The number of aromatic nitrogens is 1. The lowest BCUT2D eigenvalue weighted by Gasteiger charge is -2.23. The van der Waals surface area contributed by atoms with Gasteiger partial charge in [0.15, 0.2) is 0 Å². The Morgan fingerprint density at radius 1 is 1.15 bits per heavy atom. The smallest absolute Gasteiger partial charge is 0.103 e. The number of benzene rings is 1. The van der Waals surface area contributed by atoms with Gasteiger partial charge in [-0.25, -0.2) is 0 Å². The molecular formula is C17H19N3. The van der Waals surface area contributed by atoms with Crippen LogP contribution in [0, 0.1) is 18.3 Å². The van der Waals surface area contributed by atoms with Gasteiger partial charge < -0.3 is 4.90 Å². The third-order valence-electron chi connectivity index (χ3n) is 3.47. The number of hydrogen-bond acceptors (Lipinski definition) is 3. The maximum atomic E-state index is 9.38. The Bertz CT molecular complexity index is 623. The van der Waals surface area contributed by atoms with Crippen LogP contribution in [0.2, 0.25) is 0 Å². The van der Waals surface area contributed by atoms with E-state index in [1.165, 1.54) is 0 Å². The zero-order chi connectivity index (χ0) is 14.5. The molecule has 3 nitrogen and oxygen atoms in total. The van der Waals surface area contributed by atoms with Crippen molar-refractivity contribution in [3.05, 3.63) is 47.7 Å². The lowest BCUT2D eigenvalue weighted by atomic mass is 10.1. The normalized spacial score (nSPS) is 10.1. The molecule has 0 aliphatic heterocycles. The fourth-order valence-corrected chi connectivity index (χ4v) is 2.36. The van der Waals surface area contributed by atoms with Gasteiger partial charge in [0.25, 0.3) is 0 Å². The molecule has 2 aromatic rings. The fourth-order valence-electron chi connectivity index (χ4n) is 2.36. The second kappa shape index (κ2) is 6.21. The van der Waals surface area contributed by atoms with Crippen LogP contribution in [0.4, 0.5) is 5.69 Å². The van der Waals surface area contributed by atoms with E-state index < -0.39 is 0 Å². The monoisotopic (exact) mass is 265 g/mol. The first kappa shape index (κ1) is 14.1. The van der Waals surface area contributed by atoms with Gasteiger partial charge in [-0.1, -0.05) is 30.3 Å². The minimum absolute atomic E-state index is 0.674. The summed E-state index contributed by atoms with van der Waals surface area (Å²) in [7, 11) is 0. The molecule has 0 radical (unpaired) electrons. The summed E-state index contributed by atoms with van der Waals surface area (Å²) in [6, 6.07) is 14.4. The van der Waals surface area contributed by atoms with Gasteiger partial charge in [-0.05, 0) is 26.8 Å². The molecule has 0 fully saturated rings. The summed E-state index contributed by atoms with van der Waals surface area (Å²) in [5.74, 6) is 0. The molecule has 1 heterocycles. The number of anilines is 1. The molecule has 0 spiro atoms. The van der Waals surface area contributed by atoms with Crippen molar-refractivity contribution in [1.29, 1.82) is 5.26 Å². The summed E-state index contributed by atoms with van der Waals surface area (Å²) >= 11 is 0. The van der Waals surface area contributed by atoms with Gasteiger partial charge in [0.2, 0.25) is 0 Å². The Morgan fingerprint density at radius 2 is 1.80 bits per heavy atom. The Hall–Kier alpha value is -2.34. The van der Waals surface area contributed by atoms with Crippen LogP contribution in [-0.2, 0) is 0 Å². The van der Waals surface area contributed by atoms with Crippen molar-refractivity contribution < 1.29 is 0 Å². The molecule has 0 unspecified atom stereocenters.